The maximum atomic E-state index is 11.7. The summed E-state index contributed by atoms with van der Waals surface area (Å²) in [5.41, 5.74) is 0. The number of quaternary nitrogens is 1. The van der Waals surface area contributed by atoms with Gasteiger partial charge in [0.1, 0.15) is 6.54 Å². The lowest BCUT2D eigenvalue weighted by Gasteiger charge is -2.35. The van der Waals surface area contributed by atoms with Crippen LogP contribution in [0.4, 0.5) is 0 Å². The standard InChI is InChI=1S/C21H42NO4P/c1-5-6-7-8-9-10-11-12-13-14-15-16-17-18-19-21(23,27(24,25)26)20-22(2,3)4/h6-7,10-11,23H,5,8-9,12-20H2,1-4H3,(H-,24,25,26)/p+1/b7-6-,11-10-. The molecule has 0 aromatic carbocycles. The monoisotopic (exact) mass is 404 g/mol. The first-order valence-corrected chi connectivity index (χ1v) is 12.0. The Morgan fingerprint density at radius 2 is 1.30 bits per heavy atom. The molecule has 0 aliphatic carbocycles. The van der Waals surface area contributed by atoms with Crippen molar-refractivity contribution in [2.45, 2.75) is 82.9 Å². The molecular weight excluding hydrogens is 361 g/mol. The molecule has 0 heterocycles. The summed E-state index contributed by atoms with van der Waals surface area (Å²) in [6.45, 7) is 2.20. The highest BCUT2D eigenvalue weighted by Gasteiger charge is 2.48. The van der Waals surface area contributed by atoms with Gasteiger partial charge in [-0.3, -0.25) is 4.57 Å². The van der Waals surface area contributed by atoms with Gasteiger partial charge in [0.25, 0.3) is 0 Å². The second-order valence-electron chi connectivity index (χ2n) is 8.56. The van der Waals surface area contributed by atoms with Crippen molar-refractivity contribution < 1.29 is 23.9 Å². The third kappa shape index (κ3) is 14.2. The molecule has 0 saturated heterocycles. The van der Waals surface area contributed by atoms with Crippen molar-refractivity contribution in [2.24, 2.45) is 0 Å². The molecule has 5 nitrogen and oxygen atoms in total. The maximum Gasteiger partial charge on any atom is 0.362 e. The number of unbranched alkanes of at least 4 members (excludes halogenated alkanes) is 7. The van der Waals surface area contributed by atoms with Gasteiger partial charge in [-0.1, -0.05) is 56.9 Å². The zero-order chi connectivity index (χ0) is 20.8. The molecule has 0 bridgehead atoms. The lowest BCUT2D eigenvalue weighted by Crippen LogP contribution is -2.49. The van der Waals surface area contributed by atoms with Crippen molar-refractivity contribution in [3.63, 3.8) is 0 Å². The van der Waals surface area contributed by atoms with Crippen molar-refractivity contribution in [3.05, 3.63) is 24.3 Å². The first-order valence-electron chi connectivity index (χ1n) is 10.4. The molecule has 27 heavy (non-hydrogen) atoms. The Hall–Kier alpha value is -0.450. The van der Waals surface area contributed by atoms with E-state index < -0.39 is 12.9 Å². The molecule has 1 atom stereocenters. The predicted molar refractivity (Wildman–Crippen MR) is 115 cm³/mol. The summed E-state index contributed by atoms with van der Waals surface area (Å²) in [7, 11) is 0.949. The van der Waals surface area contributed by atoms with Gasteiger partial charge in [0.05, 0.1) is 21.1 Å². The molecule has 0 fully saturated rings. The van der Waals surface area contributed by atoms with Crippen LogP contribution in [0.3, 0.4) is 0 Å². The van der Waals surface area contributed by atoms with Crippen LogP contribution in [0, 0.1) is 0 Å². The van der Waals surface area contributed by atoms with Crippen molar-refractivity contribution in [1.82, 2.24) is 0 Å². The molecule has 3 N–H and O–H groups in total. The zero-order valence-electron chi connectivity index (χ0n) is 17.9. The minimum absolute atomic E-state index is 0.0534. The Labute approximate surface area is 166 Å². The fraction of sp³-hybridized carbons (Fsp3) is 0.810. The fourth-order valence-corrected chi connectivity index (χ4v) is 4.22. The molecule has 160 valence electrons. The van der Waals surface area contributed by atoms with Crippen LogP contribution >= 0.6 is 7.60 Å². The third-order valence-corrected chi connectivity index (χ3v) is 5.99. The van der Waals surface area contributed by atoms with E-state index in [1.165, 1.54) is 12.8 Å². The normalized spacial score (nSPS) is 15.7. The fourth-order valence-electron chi connectivity index (χ4n) is 3.17. The highest BCUT2D eigenvalue weighted by Crippen LogP contribution is 2.52. The second kappa shape index (κ2) is 13.7. The quantitative estimate of drug-likeness (QED) is 0.147. The molecule has 0 radical (unpaired) electrons. The number of hydrogen-bond donors (Lipinski definition) is 3. The minimum atomic E-state index is -4.54. The molecule has 0 amide bonds. The number of nitrogens with zero attached hydrogens (tertiary/aromatic N) is 1. The van der Waals surface area contributed by atoms with Crippen molar-refractivity contribution in [3.8, 4) is 0 Å². The molecule has 0 aliphatic heterocycles. The number of hydrogen-bond acceptors (Lipinski definition) is 2. The van der Waals surface area contributed by atoms with Gasteiger partial charge in [0, 0.05) is 0 Å². The zero-order valence-corrected chi connectivity index (χ0v) is 18.8. The van der Waals surface area contributed by atoms with E-state index in [0.29, 0.717) is 10.9 Å². The lowest BCUT2D eigenvalue weighted by atomic mass is 10.1. The molecule has 1 unspecified atom stereocenters. The minimum Gasteiger partial charge on any atom is -0.373 e. The Morgan fingerprint density at radius 1 is 0.815 bits per heavy atom. The highest BCUT2D eigenvalue weighted by atomic mass is 31.2. The smallest absolute Gasteiger partial charge is 0.362 e. The number of allylic oxidation sites excluding steroid dienone is 4. The average molecular weight is 405 g/mol. The molecular formula is C21H43NO4P+. The van der Waals surface area contributed by atoms with Crippen LogP contribution < -0.4 is 0 Å². The van der Waals surface area contributed by atoms with E-state index in [0.717, 1.165) is 44.9 Å². The summed E-state index contributed by atoms with van der Waals surface area (Å²) in [6.07, 6.45) is 19.7. The first-order chi connectivity index (χ1) is 12.5. The van der Waals surface area contributed by atoms with Gasteiger partial charge in [-0.25, -0.2) is 0 Å². The summed E-state index contributed by atoms with van der Waals surface area (Å²) < 4.78 is 12.0. The highest BCUT2D eigenvalue weighted by molar-refractivity contribution is 7.53. The van der Waals surface area contributed by atoms with E-state index >= 15 is 0 Å². The molecule has 0 saturated carbocycles. The van der Waals surface area contributed by atoms with E-state index in [1.807, 2.05) is 21.1 Å². The van der Waals surface area contributed by atoms with Crippen molar-refractivity contribution >= 4 is 7.60 Å². The topological polar surface area (TPSA) is 77.8 Å². The summed E-state index contributed by atoms with van der Waals surface area (Å²) >= 11 is 0. The number of rotatable bonds is 16. The molecule has 0 rings (SSSR count). The van der Waals surface area contributed by atoms with E-state index in [2.05, 4.69) is 31.2 Å². The van der Waals surface area contributed by atoms with Crippen LogP contribution in [0.2, 0.25) is 0 Å². The van der Waals surface area contributed by atoms with E-state index in [9.17, 15) is 19.5 Å². The van der Waals surface area contributed by atoms with E-state index in [1.54, 1.807) is 0 Å². The summed E-state index contributed by atoms with van der Waals surface area (Å²) in [6, 6.07) is 0. The third-order valence-electron chi connectivity index (χ3n) is 4.54. The van der Waals surface area contributed by atoms with E-state index in [4.69, 9.17) is 0 Å². The molecule has 0 aromatic heterocycles. The number of aliphatic hydroxyl groups is 1. The van der Waals surface area contributed by atoms with E-state index in [-0.39, 0.29) is 13.0 Å². The van der Waals surface area contributed by atoms with Crippen LogP contribution in [-0.2, 0) is 4.57 Å². The van der Waals surface area contributed by atoms with Crippen LogP contribution in [0.15, 0.2) is 24.3 Å². The van der Waals surface area contributed by atoms with Gasteiger partial charge < -0.3 is 19.4 Å². The van der Waals surface area contributed by atoms with Crippen molar-refractivity contribution in [2.75, 3.05) is 27.7 Å². The Bertz CT molecular complexity index is 479. The van der Waals surface area contributed by atoms with Gasteiger partial charge in [-0.15, -0.1) is 0 Å². The predicted octanol–water partition coefficient (Wildman–Crippen LogP) is 4.98. The average Bonchev–Trinajstić information content (AvgIpc) is 2.52. The lowest BCUT2D eigenvalue weighted by molar-refractivity contribution is -0.875. The Kier molecular flexibility index (Phi) is 13.5. The number of likely N-dealkylation sites (N-methyl/N-ethyl adjacent to an activating group) is 1. The van der Waals surface area contributed by atoms with Gasteiger partial charge in [-0.2, -0.15) is 0 Å². The second-order valence-corrected chi connectivity index (χ2v) is 10.5. The Balaban J connectivity index is 3.84. The van der Waals surface area contributed by atoms with Crippen LogP contribution in [0.1, 0.15) is 77.6 Å². The molecule has 0 aromatic rings. The van der Waals surface area contributed by atoms with Gasteiger partial charge in [-0.05, 0) is 44.9 Å². The van der Waals surface area contributed by atoms with Crippen molar-refractivity contribution in [1.29, 1.82) is 0 Å². The molecule has 0 spiro atoms. The maximum absolute atomic E-state index is 11.7. The van der Waals surface area contributed by atoms with Gasteiger partial charge in [0.2, 0.25) is 5.34 Å². The summed E-state index contributed by atoms with van der Waals surface area (Å²) in [5, 5.41) is 8.57. The van der Waals surface area contributed by atoms with Crippen LogP contribution in [0.5, 0.6) is 0 Å². The molecule has 6 heteroatoms. The van der Waals surface area contributed by atoms with Crippen LogP contribution in [0.25, 0.3) is 0 Å². The van der Waals surface area contributed by atoms with Gasteiger partial charge >= 0.3 is 7.60 Å². The SMILES string of the molecule is CC/C=C\CC/C=C\CCCCCCCCC(O)(C[N+](C)(C)C)P(=O)(O)O. The first kappa shape index (κ1) is 26.6. The van der Waals surface area contributed by atoms with Crippen LogP contribution in [-0.4, -0.2) is 52.4 Å². The summed E-state index contributed by atoms with van der Waals surface area (Å²) in [5.74, 6) is 0. The largest absolute Gasteiger partial charge is 0.373 e. The summed E-state index contributed by atoms with van der Waals surface area (Å²) in [4.78, 5) is 19.1. The van der Waals surface area contributed by atoms with Gasteiger partial charge in [0.15, 0.2) is 0 Å². The Morgan fingerprint density at radius 3 is 1.81 bits per heavy atom. The molecule has 0 aliphatic rings.